The number of nitrogens with zero attached hydrogens (tertiary/aromatic N) is 3. The third-order valence-corrected chi connectivity index (χ3v) is 6.32. The summed E-state index contributed by atoms with van der Waals surface area (Å²) in [7, 11) is 1.27. The Morgan fingerprint density at radius 1 is 1.08 bits per heavy atom. The summed E-state index contributed by atoms with van der Waals surface area (Å²) in [5, 5.41) is 4.67. The predicted octanol–water partition coefficient (Wildman–Crippen LogP) is 3.18. The maximum Gasteiger partial charge on any atom is 0.500 e. The van der Waals surface area contributed by atoms with Gasteiger partial charge in [0.25, 0.3) is 5.91 Å². The van der Waals surface area contributed by atoms with Gasteiger partial charge in [0.05, 0.1) is 0 Å². The van der Waals surface area contributed by atoms with Gasteiger partial charge in [0, 0.05) is 38.8 Å². The first kappa shape index (κ1) is 21.9. The number of amides is 1. The smallest absolute Gasteiger partial charge is 0.377 e. The molecule has 1 amide bonds. The van der Waals surface area contributed by atoms with Crippen LogP contribution in [0.25, 0.3) is 10.4 Å². The van der Waals surface area contributed by atoms with Gasteiger partial charge in [-0.3, -0.25) is 4.79 Å². The topological polar surface area (TPSA) is 106 Å². The fourth-order valence-electron chi connectivity index (χ4n) is 2.10. The van der Waals surface area contributed by atoms with Crippen LogP contribution in [0.3, 0.4) is 0 Å². The molecule has 1 aromatic rings. The molecule has 0 saturated heterocycles. The van der Waals surface area contributed by atoms with Crippen LogP contribution in [0.2, 0.25) is 6.04 Å². The monoisotopic (exact) mass is 396 g/mol. The van der Waals surface area contributed by atoms with E-state index in [1.807, 2.05) is 0 Å². The molecule has 0 heterocycles. The Hall–Kier alpha value is -2.18. The highest BCUT2D eigenvalue weighted by atomic mass is 28.4. The molecule has 0 aromatic heterocycles. The molecule has 0 aliphatic rings. The Morgan fingerprint density at radius 3 is 2.00 bits per heavy atom. The normalized spacial score (nSPS) is 11.2. The number of halogens is 4. The van der Waals surface area contributed by atoms with Crippen LogP contribution in [-0.2, 0) is 13.3 Å². The van der Waals surface area contributed by atoms with Gasteiger partial charge in [-0.05, 0) is 12.0 Å². The van der Waals surface area contributed by atoms with E-state index < -0.39 is 49.2 Å². The first-order valence-electron chi connectivity index (χ1n) is 7.13. The van der Waals surface area contributed by atoms with Crippen molar-refractivity contribution in [3.05, 3.63) is 39.3 Å². The third kappa shape index (κ3) is 4.50. The maximum absolute atomic E-state index is 13.9. The van der Waals surface area contributed by atoms with E-state index in [1.54, 1.807) is 0 Å². The number of azide groups is 1. The molecule has 8 nitrogen and oxygen atoms in total. The van der Waals surface area contributed by atoms with E-state index in [0.717, 1.165) is 0 Å². The molecule has 0 atom stereocenters. The Labute approximate surface area is 147 Å². The van der Waals surface area contributed by atoms with Crippen LogP contribution in [0.15, 0.2) is 5.11 Å². The van der Waals surface area contributed by atoms with Gasteiger partial charge in [-0.2, -0.15) is 0 Å². The van der Waals surface area contributed by atoms with Crippen molar-refractivity contribution in [2.24, 2.45) is 5.11 Å². The molecule has 1 rings (SSSR count). The number of hydrogen-bond donors (Lipinski definition) is 1. The maximum atomic E-state index is 13.9. The SMILES string of the molecule is CO[Si](CCCNC(=O)c1c(F)c(F)c(N=[N+]=[N-])c(F)c1F)(OC)OC. The minimum Gasteiger partial charge on any atom is -0.377 e. The van der Waals surface area contributed by atoms with E-state index in [9.17, 15) is 22.4 Å². The van der Waals surface area contributed by atoms with Crippen molar-refractivity contribution in [2.75, 3.05) is 27.9 Å². The Balaban J connectivity index is 2.91. The first-order chi connectivity index (χ1) is 12.3. The van der Waals surface area contributed by atoms with Crippen LogP contribution >= 0.6 is 0 Å². The van der Waals surface area contributed by atoms with Gasteiger partial charge in [-0.25, -0.2) is 17.6 Å². The molecule has 0 saturated carbocycles. The summed E-state index contributed by atoms with van der Waals surface area (Å²) in [5.74, 6) is -9.21. The van der Waals surface area contributed by atoms with E-state index in [-0.39, 0.29) is 19.0 Å². The van der Waals surface area contributed by atoms with Crippen LogP contribution in [0.4, 0.5) is 23.2 Å². The second-order valence-electron chi connectivity index (χ2n) is 4.82. The molecule has 1 N–H and O–H groups in total. The molecule has 0 unspecified atom stereocenters. The van der Waals surface area contributed by atoms with Crippen LogP contribution < -0.4 is 5.32 Å². The molecule has 0 aliphatic heterocycles. The predicted molar refractivity (Wildman–Crippen MR) is 83.6 cm³/mol. The van der Waals surface area contributed by atoms with Crippen LogP contribution in [0.1, 0.15) is 16.8 Å². The number of nitrogens with one attached hydrogen (secondary N) is 1. The summed E-state index contributed by atoms with van der Waals surface area (Å²) in [6, 6.07) is 0.278. The average molecular weight is 396 g/mol. The fraction of sp³-hybridized carbons (Fsp3) is 0.462. The second kappa shape index (κ2) is 9.50. The fourth-order valence-corrected chi connectivity index (χ4v) is 3.83. The van der Waals surface area contributed by atoms with Crippen molar-refractivity contribution in [3.63, 3.8) is 0 Å². The van der Waals surface area contributed by atoms with Gasteiger partial charge < -0.3 is 18.6 Å². The van der Waals surface area contributed by atoms with Crippen molar-refractivity contribution >= 4 is 20.4 Å². The Kier molecular flexibility index (Phi) is 7.98. The summed E-state index contributed by atoms with van der Waals surface area (Å²) in [5.41, 5.74) is 5.23. The zero-order chi connectivity index (χ0) is 19.9. The Morgan fingerprint density at radius 2 is 1.58 bits per heavy atom. The van der Waals surface area contributed by atoms with Gasteiger partial charge in [0.15, 0.2) is 23.3 Å². The molecule has 26 heavy (non-hydrogen) atoms. The lowest BCUT2D eigenvalue weighted by atomic mass is 10.1. The summed E-state index contributed by atoms with van der Waals surface area (Å²) >= 11 is 0. The van der Waals surface area contributed by atoms with Crippen molar-refractivity contribution in [3.8, 4) is 0 Å². The summed E-state index contributed by atoms with van der Waals surface area (Å²) in [6.45, 7) is -0.0934. The van der Waals surface area contributed by atoms with Crippen molar-refractivity contribution in [2.45, 2.75) is 12.5 Å². The van der Waals surface area contributed by atoms with Gasteiger partial charge in [0.1, 0.15) is 11.3 Å². The lowest BCUT2D eigenvalue weighted by molar-refractivity contribution is 0.0938. The molecule has 0 fully saturated rings. The van der Waals surface area contributed by atoms with Crippen LogP contribution in [0, 0.1) is 23.3 Å². The van der Waals surface area contributed by atoms with Crippen LogP contribution in [0.5, 0.6) is 0 Å². The second-order valence-corrected chi connectivity index (χ2v) is 7.91. The number of hydrogen-bond acceptors (Lipinski definition) is 5. The minimum atomic E-state index is -2.89. The van der Waals surface area contributed by atoms with Gasteiger partial charge in [0.2, 0.25) is 0 Å². The highest BCUT2D eigenvalue weighted by Crippen LogP contribution is 2.30. The van der Waals surface area contributed by atoms with Crippen molar-refractivity contribution in [1.82, 2.24) is 5.32 Å². The standard InChI is InChI=1S/C13H16F4N4O4Si/c1-23-26(24-2,25-3)6-4-5-19-13(22)7-8(14)10(16)12(20-21-18)11(17)9(7)15/h4-6H2,1-3H3,(H,19,22). The lowest BCUT2D eigenvalue weighted by Crippen LogP contribution is -2.43. The number of carbonyl (C=O) groups is 1. The van der Waals surface area contributed by atoms with E-state index in [2.05, 4.69) is 15.3 Å². The highest BCUT2D eigenvalue weighted by molar-refractivity contribution is 6.60. The third-order valence-electron chi connectivity index (χ3n) is 3.49. The van der Waals surface area contributed by atoms with E-state index >= 15 is 0 Å². The molecule has 0 aliphatic carbocycles. The molecule has 144 valence electrons. The Bertz CT molecular complexity index is 689. The minimum absolute atomic E-state index is 0.0934. The van der Waals surface area contributed by atoms with Crippen molar-refractivity contribution < 1.29 is 35.6 Å². The largest absolute Gasteiger partial charge is 0.500 e. The van der Waals surface area contributed by atoms with Gasteiger partial charge in [-0.1, -0.05) is 5.11 Å². The first-order valence-corrected chi connectivity index (χ1v) is 9.06. The molecule has 0 spiro atoms. The van der Waals surface area contributed by atoms with E-state index in [4.69, 9.17) is 18.8 Å². The van der Waals surface area contributed by atoms with E-state index in [1.165, 1.54) is 21.3 Å². The molecular weight excluding hydrogens is 380 g/mol. The summed E-state index contributed by atoms with van der Waals surface area (Å²) in [6.07, 6.45) is 0.249. The zero-order valence-electron chi connectivity index (χ0n) is 14.1. The molecule has 13 heteroatoms. The van der Waals surface area contributed by atoms with Gasteiger partial charge >= 0.3 is 8.80 Å². The molecular formula is C13H16F4N4O4Si. The lowest BCUT2D eigenvalue weighted by Gasteiger charge is -2.24. The molecule has 0 bridgehead atoms. The number of carbonyl (C=O) groups excluding carboxylic acids is 1. The summed E-state index contributed by atoms with van der Waals surface area (Å²) < 4.78 is 70.5. The molecule has 0 radical (unpaired) electrons. The van der Waals surface area contributed by atoms with Gasteiger partial charge in [-0.15, -0.1) is 0 Å². The van der Waals surface area contributed by atoms with Crippen molar-refractivity contribution in [1.29, 1.82) is 0 Å². The average Bonchev–Trinajstić information content (AvgIpc) is 2.64. The zero-order valence-corrected chi connectivity index (χ0v) is 15.1. The van der Waals surface area contributed by atoms with Crippen LogP contribution in [-0.4, -0.2) is 42.6 Å². The summed E-state index contributed by atoms with van der Waals surface area (Å²) in [4.78, 5) is 14.0. The quantitative estimate of drug-likeness (QED) is 0.132. The molecule has 1 aromatic carbocycles. The number of rotatable bonds is 9. The number of benzene rings is 1. The highest BCUT2D eigenvalue weighted by Gasteiger charge is 2.37. The van der Waals surface area contributed by atoms with E-state index in [0.29, 0.717) is 0 Å².